The summed E-state index contributed by atoms with van der Waals surface area (Å²) in [6, 6.07) is 7.13. The average Bonchev–Trinajstić information content (AvgIpc) is 2.53. The first-order valence-corrected chi connectivity index (χ1v) is 8.15. The Morgan fingerprint density at radius 2 is 1.79 bits per heavy atom. The molecule has 1 aromatic carbocycles. The van der Waals surface area contributed by atoms with E-state index in [2.05, 4.69) is 37.9 Å². The molecular formula is C19H27NO4. The number of carboxylic acids is 1. The third-order valence-corrected chi connectivity index (χ3v) is 3.82. The van der Waals surface area contributed by atoms with E-state index in [4.69, 9.17) is 9.84 Å². The predicted octanol–water partition coefficient (Wildman–Crippen LogP) is 3.08. The van der Waals surface area contributed by atoms with Crippen LogP contribution in [-0.4, -0.2) is 36.2 Å². The van der Waals surface area contributed by atoms with Gasteiger partial charge in [0.1, 0.15) is 0 Å². The minimum Gasteiger partial charge on any atom is -0.480 e. The molecule has 0 saturated carbocycles. The molecule has 0 fully saturated rings. The van der Waals surface area contributed by atoms with Crippen LogP contribution in [0.5, 0.6) is 0 Å². The minimum absolute atomic E-state index is 0.00903. The Morgan fingerprint density at radius 3 is 2.29 bits per heavy atom. The smallest absolute Gasteiger partial charge is 0.328 e. The summed E-state index contributed by atoms with van der Waals surface area (Å²) < 4.78 is 5.12. The van der Waals surface area contributed by atoms with Gasteiger partial charge < -0.3 is 15.2 Å². The molecule has 2 N–H and O–H groups in total. The van der Waals surface area contributed by atoms with Crippen molar-refractivity contribution in [2.45, 2.75) is 45.1 Å². The van der Waals surface area contributed by atoms with Crippen LogP contribution in [0.3, 0.4) is 0 Å². The van der Waals surface area contributed by atoms with E-state index in [1.165, 1.54) is 11.6 Å². The van der Waals surface area contributed by atoms with Crippen molar-refractivity contribution < 1.29 is 19.4 Å². The molecular weight excluding hydrogens is 306 g/mol. The molecule has 1 amide bonds. The summed E-state index contributed by atoms with van der Waals surface area (Å²) >= 11 is 0. The molecule has 2 atom stereocenters. The van der Waals surface area contributed by atoms with Crippen LogP contribution in [-0.2, 0) is 14.3 Å². The summed E-state index contributed by atoms with van der Waals surface area (Å²) in [5.41, 5.74) is 2.31. The number of ether oxygens (including phenoxy) is 1. The molecule has 0 aromatic heterocycles. The normalized spacial score (nSPS) is 13.3. The van der Waals surface area contributed by atoms with Crippen molar-refractivity contribution in [3.63, 3.8) is 0 Å². The van der Waals surface area contributed by atoms with Crippen molar-refractivity contribution in [3.8, 4) is 0 Å². The van der Waals surface area contributed by atoms with Crippen LogP contribution in [0.4, 0.5) is 0 Å². The number of carboxylic acid groups (broad SMARTS) is 1. The molecule has 0 aliphatic heterocycles. The highest BCUT2D eigenvalue weighted by atomic mass is 16.5. The Kier molecular flexibility index (Phi) is 8.19. The average molecular weight is 333 g/mol. The van der Waals surface area contributed by atoms with Gasteiger partial charge in [-0.15, -0.1) is 6.58 Å². The fourth-order valence-electron chi connectivity index (χ4n) is 2.30. The molecule has 0 heterocycles. The molecule has 5 heteroatoms. The predicted molar refractivity (Wildman–Crippen MR) is 94.1 cm³/mol. The van der Waals surface area contributed by atoms with E-state index >= 15 is 0 Å². The van der Waals surface area contributed by atoms with Gasteiger partial charge in [0.2, 0.25) is 5.91 Å². The van der Waals surface area contributed by atoms with E-state index in [-0.39, 0.29) is 31.5 Å². The zero-order valence-corrected chi connectivity index (χ0v) is 14.6. The third kappa shape index (κ3) is 6.54. The summed E-state index contributed by atoms with van der Waals surface area (Å²) in [6.07, 6.45) is 1.76. The Hall–Kier alpha value is -2.14. The van der Waals surface area contributed by atoms with Crippen LogP contribution in [0.25, 0.3) is 0 Å². The Labute approximate surface area is 143 Å². The summed E-state index contributed by atoms with van der Waals surface area (Å²) in [6.45, 7) is 9.88. The molecule has 1 aromatic rings. The summed E-state index contributed by atoms with van der Waals surface area (Å²) in [4.78, 5) is 23.3. The van der Waals surface area contributed by atoms with E-state index in [0.717, 1.165) is 5.56 Å². The standard InChI is InChI=1S/C19H27NO4/c1-5-10-24-12-17(19(22)23)20-18(21)11-14(4)16-8-6-15(7-9-16)13(2)3/h5-9,13-14,17H,1,10-12H2,2-4H3,(H,20,21)(H,22,23). The van der Waals surface area contributed by atoms with Gasteiger partial charge in [-0.05, 0) is 23.0 Å². The quantitative estimate of drug-likeness (QED) is 0.510. The lowest BCUT2D eigenvalue weighted by Gasteiger charge is -2.17. The molecule has 2 unspecified atom stereocenters. The zero-order valence-electron chi connectivity index (χ0n) is 14.6. The van der Waals surface area contributed by atoms with Gasteiger partial charge >= 0.3 is 5.97 Å². The lowest BCUT2D eigenvalue weighted by Crippen LogP contribution is -2.44. The van der Waals surface area contributed by atoms with E-state index in [1.54, 1.807) is 0 Å². The molecule has 132 valence electrons. The zero-order chi connectivity index (χ0) is 18.1. The van der Waals surface area contributed by atoms with Crippen LogP contribution in [0.1, 0.15) is 50.2 Å². The highest BCUT2D eigenvalue weighted by molar-refractivity contribution is 5.84. The molecule has 0 bridgehead atoms. The van der Waals surface area contributed by atoms with Crippen molar-refractivity contribution in [1.82, 2.24) is 5.32 Å². The first kappa shape index (κ1) is 19.9. The maximum atomic E-state index is 12.1. The van der Waals surface area contributed by atoms with Crippen molar-refractivity contribution in [1.29, 1.82) is 0 Å². The first-order chi connectivity index (χ1) is 11.3. The second kappa shape index (κ2) is 9.88. The molecule has 0 spiro atoms. The first-order valence-electron chi connectivity index (χ1n) is 8.15. The lowest BCUT2D eigenvalue weighted by molar-refractivity contribution is -0.143. The second-order valence-corrected chi connectivity index (χ2v) is 6.21. The van der Waals surface area contributed by atoms with E-state index in [0.29, 0.717) is 5.92 Å². The minimum atomic E-state index is -1.11. The van der Waals surface area contributed by atoms with Gasteiger partial charge in [-0.3, -0.25) is 4.79 Å². The van der Waals surface area contributed by atoms with E-state index in [1.807, 2.05) is 19.1 Å². The lowest BCUT2D eigenvalue weighted by atomic mass is 9.94. The number of hydrogen-bond donors (Lipinski definition) is 2. The van der Waals surface area contributed by atoms with E-state index in [9.17, 15) is 9.59 Å². The third-order valence-electron chi connectivity index (χ3n) is 3.82. The van der Waals surface area contributed by atoms with Crippen molar-refractivity contribution in [3.05, 3.63) is 48.0 Å². The van der Waals surface area contributed by atoms with Crippen molar-refractivity contribution in [2.24, 2.45) is 0 Å². The molecule has 1 rings (SSSR count). The van der Waals surface area contributed by atoms with Crippen LogP contribution < -0.4 is 5.32 Å². The monoisotopic (exact) mass is 333 g/mol. The number of rotatable bonds is 10. The number of aliphatic carboxylic acids is 1. The number of benzene rings is 1. The Bertz CT molecular complexity index is 551. The molecule has 5 nitrogen and oxygen atoms in total. The Morgan fingerprint density at radius 1 is 1.21 bits per heavy atom. The largest absolute Gasteiger partial charge is 0.480 e. The highest BCUT2D eigenvalue weighted by Gasteiger charge is 2.21. The number of nitrogens with one attached hydrogen (secondary N) is 1. The summed E-state index contributed by atoms with van der Waals surface area (Å²) in [5, 5.41) is 11.6. The fourth-order valence-corrected chi connectivity index (χ4v) is 2.30. The van der Waals surface area contributed by atoms with Gasteiger partial charge in [0.25, 0.3) is 0 Å². The van der Waals surface area contributed by atoms with Gasteiger partial charge in [0.05, 0.1) is 13.2 Å². The Balaban J connectivity index is 2.58. The molecule has 0 aliphatic rings. The second-order valence-electron chi connectivity index (χ2n) is 6.21. The van der Waals surface area contributed by atoms with Gasteiger partial charge in [0.15, 0.2) is 6.04 Å². The molecule has 24 heavy (non-hydrogen) atoms. The molecule has 0 radical (unpaired) electrons. The SMILES string of the molecule is C=CCOCC(NC(=O)CC(C)c1ccc(C(C)C)cc1)C(=O)O. The summed E-state index contributed by atoms with van der Waals surface area (Å²) in [5.74, 6) is -0.939. The van der Waals surface area contributed by atoms with Gasteiger partial charge in [-0.2, -0.15) is 0 Å². The molecule has 0 saturated heterocycles. The van der Waals surface area contributed by atoms with Crippen LogP contribution in [0.15, 0.2) is 36.9 Å². The van der Waals surface area contributed by atoms with Crippen molar-refractivity contribution >= 4 is 11.9 Å². The van der Waals surface area contributed by atoms with Gasteiger partial charge in [-0.1, -0.05) is 51.1 Å². The molecule has 0 aliphatic carbocycles. The van der Waals surface area contributed by atoms with Crippen LogP contribution >= 0.6 is 0 Å². The van der Waals surface area contributed by atoms with E-state index < -0.39 is 12.0 Å². The van der Waals surface area contributed by atoms with Crippen molar-refractivity contribution in [2.75, 3.05) is 13.2 Å². The fraction of sp³-hybridized carbons (Fsp3) is 0.474. The number of amides is 1. The summed E-state index contributed by atoms with van der Waals surface area (Å²) in [7, 11) is 0. The van der Waals surface area contributed by atoms with Crippen LogP contribution in [0.2, 0.25) is 0 Å². The number of carbonyl (C=O) groups is 2. The van der Waals surface area contributed by atoms with Crippen LogP contribution in [0, 0.1) is 0 Å². The number of carbonyl (C=O) groups excluding carboxylic acids is 1. The maximum absolute atomic E-state index is 12.1. The van der Waals surface area contributed by atoms with Gasteiger partial charge in [0, 0.05) is 6.42 Å². The highest BCUT2D eigenvalue weighted by Crippen LogP contribution is 2.22. The maximum Gasteiger partial charge on any atom is 0.328 e. The van der Waals surface area contributed by atoms with Gasteiger partial charge in [-0.25, -0.2) is 4.79 Å². The number of hydrogen-bond acceptors (Lipinski definition) is 3. The topological polar surface area (TPSA) is 75.6 Å².